The molecule has 2 rings (SSSR count). The Morgan fingerprint density at radius 2 is 2.15 bits per heavy atom. The molecule has 1 atom stereocenters. The van der Waals surface area contributed by atoms with Gasteiger partial charge in [-0.15, -0.1) is 12.4 Å². The van der Waals surface area contributed by atoms with E-state index in [0.29, 0.717) is 6.04 Å². The highest BCUT2D eigenvalue weighted by Gasteiger charge is 2.14. The molecule has 1 saturated heterocycles. The summed E-state index contributed by atoms with van der Waals surface area (Å²) in [6.45, 7) is 2.10. The quantitative estimate of drug-likeness (QED) is 0.737. The maximum absolute atomic E-state index is 4.09. The van der Waals surface area contributed by atoms with E-state index in [2.05, 4.69) is 20.6 Å². The predicted octanol–water partition coefficient (Wildman–Crippen LogP) is 0.672. The SMILES string of the molecule is Cl.c1cnc(N[C@H]2CCNC2)nc1. The van der Waals surface area contributed by atoms with Crippen molar-refractivity contribution in [1.82, 2.24) is 15.3 Å². The molecule has 0 bridgehead atoms. The summed E-state index contributed by atoms with van der Waals surface area (Å²) in [7, 11) is 0. The van der Waals surface area contributed by atoms with Crippen LogP contribution in [0.25, 0.3) is 0 Å². The molecule has 4 nitrogen and oxygen atoms in total. The van der Waals surface area contributed by atoms with Crippen LogP contribution >= 0.6 is 12.4 Å². The molecule has 0 aliphatic carbocycles. The first-order valence-corrected chi connectivity index (χ1v) is 4.19. The lowest BCUT2D eigenvalue weighted by Crippen LogP contribution is -2.23. The van der Waals surface area contributed by atoms with Crippen LogP contribution in [0.3, 0.4) is 0 Å². The normalized spacial score (nSPS) is 20.8. The van der Waals surface area contributed by atoms with Gasteiger partial charge in [-0.1, -0.05) is 0 Å². The minimum atomic E-state index is 0. The minimum absolute atomic E-state index is 0. The van der Waals surface area contributed by atoms with Crippen LogP contribution in [0.5, 0.6) is 0 Å². The van der Waals surface area contributed by atoms with Gasteiger partial charge in [-0.05, 0) is 19.0 Å². The number of halogens is 1. The summed E-state index contributed by atoms with van der Waals surface area (Å²) >= 11 is 0. The van der Waals surface area contributed by atoms with Crippen LogP contribution in [-0.2, 0) is 0 Å². The first kappa shape index (κ1) is 10.2. The number of rotatable bonds is 2. The van der Waals surface area contributed by atoms with Crippen molar-refractivity contribution in [3.05, 3.63) is 18.5 Å². The van der Waals surface area contributed by atoms with Gasteiger partial charge in [0.05, 0.1) is 0 Å². The van der Waals surface area contributed by atoms with E-state index in [0.717, 1.165) is 25.5 Å². The minimum Gasteiger partial charge on any atom is -0.350 e. The monoisotopic (exact) mass is 200 g/mol. The maximum atomic E-state index is 4.09. The third-order valence-electron chi connectivity index (χ3n) is 1.96. The first-order chi connectivity index (χ1) is 5.95. The van der Waals surface area contributed by atoms with Crippen molar-refractivity contribution in [3.63, 3.8) is 0 Å². The summed E-state index contributed by atoms with van der Waals surface area (Å²) in [5.41, 5.74) is 0. The van der Waals surface area contributed by atoms with Crippen molar-refractivity contribution in [2.45, 2.75) is 12.5 Å². The van der Waals surface area contributed by atoms with Gasteiger partial charge in [0.15, 0.2) is 0 Å². The molecule has 2 heterocycles. The molecule has 2 N–H and O–H groups in total. The Bertz CT molecular complexity index is 235. The predicted molar refractivity (Wildman–Crippen MR) is 54.2 cm³/mol. The van der Waals surface area contributed by atoms with Gasteiger partial charge in [0.25, 0.3) is 0 Å². The molecule has 1 aromatic rings. The topological polar surface area (TPSA) is 49.8 Å². The van der Waals surface area contributed by atoms with Crippen molar-refractivity contribution < 1.29 is 0 Å². The lowest BCUT2D eigenvalue weighted by atomic mass is 10.3. The summed E-state index contributed by atoms with van der Waals surface area (Å²) < 4.78 is 0. The molecule has 72 valence electrons. The Morgan fingerprint density at radius 1 is 1.38 bits per heavy atom. The van der Waals surface area contributed by atoms with E-state index in [1.54, 1.807) is 12.4 Å². The highest BCUT2D eigenvalue weighted by Crippen LogP contribution is 2.04. The van der Waals surface area contributed by atoms with E-state index in [1.807, 2.05) is 6.07 Å². The van der Waals surface area contributed by atoms with Crippen LogP contribution in [0, 0.1) is 0 Å². The summed E-state index contributed by atoms with van der Waals surface area (Å²) in [5, 5.41) is 6.53. The fourth-order valence-corrected chi connectivity index (χ4v) is 1.33. The zero-order valence-electron chi connectivity index (χ0n) is 7.23. The molecular weight excluding hydrogens is 188 g/mol. The zero-order chi connectivity index (χ0) is 8.23. The molecule has 5 heteroatoms. The number of aromatic nitrogens is 2. The molecule has 0 amide bonds. The van der Waals surface area contributed by atoms with Crippen LogP contribution in [-0.4, -0.2) is 29.1 Å². The van der Waals surface area contributed by atoms with Crippen molar-refractivity contribution in [1.29, 1.82) is 0 Å². The number of anilines is 1. The summed E-state index contributed by atoms with van der Waals surface area (Å²) in [5.74, 6) is 0.728. The average Bonchev–Trinajstić information content (AvgIpc) is 2.59. The van der Waals surface area contributed by atoms with E-state index in [-0.39, 0.29) is 12.4 Å². The molecule has 0 aromatic carbocycles. The zero-order valence-corrected chi connectivity index (χ0v) is 8.05. The first-order valence-electron chi connectivity index (χ1n) is 4.19. The maximum Gasteiger partial charge on any atom is 0.222 e. The van der Waals surface area contributed by atoms with E-state index in [4.69, 9.17) is 0 Å². The van der Waals surface area contributed by atoms with E-state index >= 15 is 0 Å². The summed E-state index contributed by atoms with van der Waals surface area (Å²) in [6, 6.07) is 2.31. The smallest absolute Gasteiger partial charge is 0.222 e. The Morgan fingerprint density at radius 3 is 2.77 bits per heavy atom. The van der Waals surface area contributed by atoms with Crippen molar-refractivity contribution in [2.75, 3.05) is 18.4 Å². The van der Waals surface area contributed by atoms with Crippen LogP contribution in [0.4, 0.5) is 5.95 Å². The largest absolute Gasteiger partial charge is 0.350 e. The summed E-state index contributed by atoms with van der Waals surface area (Å²) in [6.07, 6.45) is 4.65. The van der Waals surface area contributed by atoms with Crippen molar-refractivity contribution in [2.24, 2.45) is 0 Å². The number of hydrogen-bond acceptors (Lipinski definition) is 4. The fraction of sp³-hybridized carbons (Fsp3) is 0.500. The van der Waals surface area contributed by atoms with Crippen LogP contribution < -0.4 is 10.6 Å². The molecule has 13 heavy (non-hydrogen) atoms. The molecular formula is C8H13ClN4. The lowest BCUT2D eigenvalue weighted by molar-refractivity contribution is 0.780. The molecule has 0 unspecified atom stereocenters. The van der Waals surface area contributed by atoms with E-state index < -0.39 is 0 Å². The second kappa shape index (κ2) is 4.99. The van der Waals surface area contributed by atoms with Gasteiger partial charge in [0, 0.05) is 25.0 Å². The van der Waals surface area contributed by atoms with Crippen molar-refractivity contribution in [3.8, 4) is 0 Å². The molecule has 1 fully saturated rings. The van der Waals surface area contributed by atoms with Gasteiger partial charge in [-0.2, -0.15) is 0 Å². The van der Waals surface area contributed by atoms with Gasteiger partial charge in [0.2, 0.25) is 5.95 Å². The molecule has 1 aromatic heterocycles. The van der Waals surface area contributed by atoms with Gasteiger partial charge < -0.3 is 10.6 Å². The highest BCUT2D eigenvalue weighted by atomic mass is 35.5. The highest BCUT2D eigenvalue weighted by molar-refractivity contribution is 5.85. The van der Waals surface area contributed by atoms with Gasteiger partial charge >= 0.3 is 0 Å². The van der Waals surface area contributed by atoms with E-state index in [9.17, 15) is 0 Å². The average molecular weight is 201 g/mol. The Hall–Kier alpha value is -0.870. The number of nitrogens with one attached hydrogen (secondary N) is 2. The van der Waals surface area contributed by atoms with E-state index in [1.165, 1.54) is 0 Å². The van der Waals surface area contributed by atoms with Gasteiger partial charge in [-0.25, -0.2) is 9.97 Å². The summed E-state index contributed by atoms with van der Waals surface area (Å²) in [4.78, 5) is 8.18. The number of hydrogen-bond donors (Lipinski definition) is 2. The molecule has 0 radical (unpaired) electrons. The van der Waals surface area contributed by atoms with Gasteiger partial charge in [0.1, 0.15) is 0 Å². The molecule has 0 saturated carbocycles. The second-order valence-corrected chi connectivity index (χ2v) is 2.91. The van der Waals surface area contributed by atoms with Crippen LogP contribution in [0.1, 0.15) is 6.42 Å². The third-order valence-corrected chi connectivity index (χ3v) is 1.96. The van der Waals surface area contributed by atoms with Crippen LogP contribution in [0.15, 0.2) is 18.5 Å². The molecule has 0 spiro atoms. The molecule has 1 aliphatic heterocycles. The second-order valence-electron chi connectivity index (χ2n) is 2.91. The molecule has 1 aliphatic rings. The van der Waals surface area contributed by atoms with Gasteiger partial charge in [-0.3, -0.25) is 0 Å². The third kappa shape index (κ3) is 2.82. The lowest BCUT2D eigenvalue weighted by Gasteiger charge is -2.09. The number of nitrogens with zero attached hydrogens (tertiary/aromatic N) is 2. The van der Waals surface area contributed by atoms with Crippen LogP contribution in [0.2, 0.25) is 0 Å². The standard InChI is InChI=1S/C8H12N4.ClH/c1-3-10-8(11-4-1)12-7-2-5-9-6-7;/h1,3-4,7,9H,2,5-6H2,(H,10,11,12);1H/t7-;/m0./s1. The Labute approximate surface area is 83.6 Å². The van der Waals surface area contributed by atoms with Crippen molar-refractivity contribution >= 4 is 18.4 Å². The Balaban J connectivity index is 0.000000845. The Kier molecular flexibility index (Phi) is 3.92. The fourth-order valence-electron chi connectivity index (χ4n) is 1.33.